The zero-order valence-corrected chi connectivity index (χ0v) is 13.8. The zero-order valence-electron chi connectivity index (χ0n) is 13.8. The zero-order chi connectivity index (χ0) is 18.5. The number of nitrogens with one attached hydrogen (secondary N) is 1. The van der Waals surface area contributed by atoms with E-state index in [-0.39, 0.29) is 6.42 Å². The molecule has 3 rings (SSSR count). The monoisotopic (exact) mass is 336 g/mol. The van der Waals surface area contributed by atoms with E-state index < -0.39 is 34.3 Å². The number of nitriles is 3. The van der Waals surface area contributed by atoms with Crippen LogP contribution < -0.4 is 10.1 Å². The second-order valence-electron chi connectivity index (χ2n) is 6.64. The molecule has 2 aliphatic rings. The molecule has 1 saturated heterocycles. The molecule has 126 valence electrons. The van der Waals surface area contributed by atoms with Gasteiger partial charge in [-0.15, -0.1) is 0 Å². The van der Waals surface area contributed by atoms with Gasteiger partial charge in [-0.2, -0.15) is 15.8 Å². The van der Waals surface area contributed by atoms with Gasteiger partial charge in [0.1, 0.15) is 11.5 Å². The lowest BCUT2D eigenvalue weighted by atomic mass is 9.49. The highest BCUT2D eigenvalue weighted by molar-refractivity contribution is 5.92. The number of amides is 1. The van der Waals surface area contributed by atoms with Crippen LogP contribution in [0.25, 0.3) is 0 Å². The fourth-order valence-electron chi connectivity index (χ4n) is 4.22. The first-order valence-electron chi connectivity index (χ1n) is 7.77. The maximum absolute atomic E-state index is 12.6. The minimum atomic E-state index is -1.93. The van der Waals surface area contributed by atoms with Crippen LogP contribution in [0.15, 0.2) is 24.3 Å². The Balaban J connectivity index is 2.28. The average molecular weight is 336 g/mol. The fourth-order valence-corrected chi connectivity index (χ4v) is 4.22. The molecule has 1 heterocycles. The van der Waals surface area contributed by atoms with Crippen LogP contribution in [-0.4, -0.2) is 23.8 Å². The molecule has 7 heteroatoms. The topological polar surface area (TPSA) is 130 Å². The predicted molar refractivity (Wildman–Crippen MR) is 84.3 cm³/mol. The van der Waals surface area contributed by atoms with Crippen molar-refractivity contribution < 1.29 is 14.6 Å². The summed E-state index contributed by atoms with van der Waals surface area (Å²) < 4.78 is 5.12. The van der Waals surface area contributed by atoms with Crippen molar-refractivity contribution in [3.8, 4) is 24.0 Å². The summed E-state index contributed by atoms with van der Waals surface area (Å²) in [7, 11) is 1.52. The van der Waals surface area contributed by atoms with Crippen molar-refractivity contribution in [1.29, 1.82) is 15.8 Å². The Hall–Kier alpha value is -3.08. The standard InChI is InChI=1S/C18H16N4O3/c1-11-14(12-3-5-13(25-2)6-4-12)17(9-20,10-21)16(8-19)7-18(11,24)22-15(16)23/h3-6,11,14,24H,7H2,1-2H3,(H,22,23)/t11-,14-,16+,18-/m1/s1. The van der Waals surface area contributed by atoms with Gasteiger partial charge >= 0.3 is 0 Å². The Morgan fingerprint density at radius 3 is 2.28 bits per heavy atom. The average Bonchev–Trinajstić information content (AvgIpc) is 2.89. The van der Waals surface area contributed by atoms with E-state index in [9.17, 15) is 25.7 Å². The SMILES string of the molecule is COc1ccc([C@H]2[C@@H](C)[C@]3(O)C[C@](C#N)(C(=O)N3)C2(C#N)C#N)cc1. The minimum absolute atomic E-state index is 0.287. The van der Waals surface area contributed by atoms with Gasteiger partial charge in [0.2, 0.25) is 5.91 Å². The van der Waals surface area contributed by atoms with Crippen LogP contribution in [0.1, 0.15) is 24.8 Å². The fraction of sp³-hybridized carbons (Fsp3) is 0.444. The van der Waals surface area contributed by atoms with E-state index in [0.717, 1.165) is 0 Å². The third-order valence-corrected chi connectivity index (χ3v) is 5.66. The summed E-state index contributed by atoms with van der Waals surface area (Å²) in [5.41, 5.74) is -4.90. The number of carbonyl (C=O) groups is 1. The molecule has 1 amide bonds. The molecule has 2 N–H and O–H groups in total. The Morgan fingerprint density at radius 2 is 1.80 bits per heavy atom. The molecule has 7 nitrogen and oxygen atoms in total. The summed E-state index contributed by atoms with van der Waals surface area (Å²) in [5, 5.41) is 42.9. The van der Waals surface area contributed by atoms with Gasteiger partial charge in [0.05, 0.1) is 25.3 Å². The number of nitrogens with zero attached hydrogens (tertiary/aromatic N) is 3. The molecule has 1 aromatic carbocycles. The molecule has 1 saturated carbocycles. The first-order chi connectivity index (χ1) is 11.8. The third-order valence-electron chi connectivity index (χ3n) is 5.66. The van der Waals surface area contributed by atoms with Crippen LogP contribution in [0.2, 0.25) is 0 Å². The number of methoxy groups -OCH3 is 1. The number of ether oxygens (including phenoxy) is 1. The highest BCUT2D eigenvalue weighted by Gasteiger charge is 2.76. The van der Waals surface area contributed by atoms with E-state index in [2.05, 4.69) is 5.32 Å². The summed E-state index contributed by atoms with van der Waals surface area (Å²) in [6.45, 7) is 1.67. The molecule has 2 fully saturated rings. The summed E-state index contributed by atoms with van der Waals surface area (Å²) in [6, 6.07) is 12.5. The molecule has 1 aliphatic heterocycles. The van der Waals surface area contributed by atoms with Crippen LogP contribution in [0.4, 0.5) is 0 Å². The van der Waals surface area contributed by atoms with E-state index in [4.69, 9.17) is 4.74 Å². The summed E-state index contributed by atoms with van der Waals surface area (Å²) in [6.07, 6.45) is -0.287. The maximum Gasteiger partial charge on any atom is 0.245 e. The molecule has 0 radical (unpaired) electrons. The van der Waals surface area contributed by atoms with Crippen molar-refractivity contribution in [2.75, 3.05) is 7.11 Å². The normalized spacial score (nSPS) is 35.0. The molecule has 4 atom stereocenters. The van der Waals surface area contributed by atoms with Gasteiger partial charge in [0, 0.05) is 18.3 Å². The van der Waals surface area contributed by atoms with E-state index >= 15 is 0 Å². The van der Waals surface area contributed by atoms with Gasteiger partial charge in [0.15, 0.2) is 10.8 Å². The van der Waals surface area contributed by atoms with Crippen LogP contribution in [0.5, 0.6) is 5.75 Å². The largest absolute Gasteiger partial charge is 0.497 e. The van der Waals surface area contributed by atoms with Crippen molar-refractivity contribution in [3.63, 3.8) is 0 Å². The number of aliphatic hydroxyl groups is 1. The van der Waals surface area contributed by atoms with Gasteiger partial charge in [-0.05, 0) is 17.7 Å². The number of benzene rings is 1. The Bertz CT molecular complexity index is 846. The number of carbonyl (C=O) groups excluding carboxylic acids is 1. The van der Waals surface area contributed by atoms with Crippen molar-refractivity contribution in [3.05, 3.63) is 29.8 Å². The predicted octanol–water partition coefficient (Wildman–Crippen LogP) is 1.18. The van der Waals surface area contributed by atoms with Gasteiger partial charge in [0.25, 0.3) is 0 Å². The quantitative estimate of drug-likeness (QED) is 0.834. The smallest absolute Gasteiger partial charge is 0.245 e. The Labute approximate surface area is 145 Å². The van der Waals surface area contributed by atoms with Crippen LogP contribution in [0, 0.1) is 50.7 Å². The van der Waals surface area contributed by atoms with Crippen LogP contribution >= 0.6 is 0 Å². The van der Waals surface area contributed by atoms with Crippen molar-refractivity contribution in [2.45, 2.75) is 25.0 Å². The summed E-state index contributed by atoms with van der Waals surface area (Å²) in [4.78, 5) is 12.6. The van der Waals surface area contributed by atoms with E-state index in [1.165, 1.54) is 7.11 Å². The molecule has 0 spiro atoms. The van der Waals surface area contributed by atoms with E-state index in [1.807, 2.05) is 18.2 Å². The van der Waals surface area contributed by atoms with Crippen LogP contribution in [-0.2, 0) is 4.79 Å². The van der Waals surface area contributed by atoms with Gasteiger partial charge < -0.3 is 15.2 Å². The number of rotatable bonds is 2. The Morgan fingerprint density at radius 1 is 1.20 bits per heavy atom. The molecule has 1 aromatic rings. The molecular formula is C18H16N4O3. The molecule has 0 aromatic heterocycles. The molecule has 0 unspecified atom stereocenters. The lowest BCUT2D eigenvalue weighted by Crippen LogP contribution is -2.56. The second-order valence-corrected chi connectivity index (χ2v) is 6.64. The van der Waals surface area contributed by atoms with Gasteiger partial charge in [-0.1, -0.05) is 19.1 Å². The van der Waals surface area contributed by atoms with E-state index in [0.29, 0.717) is 11.3 Å². The summed E-state index contributed by atoms with van der Waals surface area (Å²) in [5.74, 6) is -1.65. The third kappa shape index (κ3) is 1.83. The van der Waals surface area contributed by atoms with Crippen LogP contribution in [0.3, 0.4) is 0 Å². The minimum Gasteiger partial charge on any atom is -0.497 e. The number of fused-ring (bicyclic) bond motifs is 2. The first kappa shape index (κ1) is 16.8. The van der Waals surface area contributed by atoms with Gasteiger partial charge in [-0.3, -0.25) is 4.79 Å². The highest BCUT2D eigenvalue weighted by Crippen LogP contribution is 2.64. The molecule has 25 heavy (non-hydrogen) atoms. The van der Waals surface area contributed by atoms with Crippen molar-refractivity contribution in [1.82, 2.24) is 5.32 Å². The van der Waals surface area contributed by atoms with Gasteiger partial charge in [-0.25, -0.2) is 0 Å². The van der Waals surface area contributed by atoms with Crippen molar-refractivity contribution in [2.24, 2.45) is 16.7 Å². The molecular weight excluding hydrogens is 320 g/mol. The first-order valence-corrected chi connectivity index (χ1v) is 7.77. The lowest BCUT2D eigenvalue weighted by molar-refractivity contribution is -0.128. The maximum atomic E-state index is 12.6. The number of hydrogen-bond donors (Lipinski definition) is 2. The highest BCUT2D eigenvalue weighted by atomic mass is 16.5. The number of hydrogen-bond acceptors (Lipinski definition) is 6. The molecule has 1 aliphatic carbocycles. The van der Waals surface area contributed by atoms with E-state index in [1.54, 1.807) is 31.2 Å². The molecule has 2 bridgehead atoms. The summed E-state index contributed by atoms with van der Waals surface area (Å²) >= 11 is 0. The lowest BCUT2D eigenvalue weighted by Gasteiger charge is -2.48. The van der Waals surface area contributed by atoms with Crippen molar-refractivity contribution >= 4 is 5.91 Å². The second kappa shape index (κ2) is 5.21. The Kier molecular flexibility index (Phi) is 3.49.